The van der Waals surface area contributed by atoms with Crippen LogP contribution in [0.3, 0.4) is 0 Å². The van der Waals surface area contributed by atoms with Crippen molar-refractivity contribution in [2.45, 2.75) is 6.92 Å². The molecule has 8 nitrogen and oxygen atoms in total. The van der Waals surface area contributed by atoms with Crippen LogP contribution >= 0.6 is 0 Å². The number of rotatable bonds is 4. The van der Waals surface area contributed by atoms with E-state index in [1.807, 2.05) is 6.07 Å². The van der Waals surface area contributed by atoms with Gasteiger partial charge >= 0.3 is 5.97 Å². The average molecular weight is 314 g/mol. The minimum atomic E-state index is -1.11. The number of hydrogen-bond acceptors (Lipinski definition) is 6. The molecule has 3 rings (SSSR count). The van der Waals surface area contributed by atoms with Gasteiger partial charge in [0.15, 0.2) is 28.7 Å². The summed E-state index contributed by atoms with van der Waals surface area (Å²) in [5, 5.41) is 17.2. The Hall–Kier alpha value is -3.16. The Bertz CT molecular complexity index is 904. The number of nitrogens with zero attached hydrogens (tertiary/aromatic N) is 4. The number of benzene rings is 1. The number of carboxylic acid groups (broad SMARTS) is 1. The fraction of sp³-hybridized carbons (Fsp3) is 0.200. The molecule has 0 unspecified atom stereocenters. The summed E-state index contributed by atoms with van der Waals surface area (Å²) in [6.07, 6.45) is 0. The van der Waals surface area contributed by atoms with Crippen molar-refractivity contribution < 1.29 is 19.4 Å². The second-order valence-corrected chi connectivity index (χ2v) is 4.78. The Balaban J connectivity index is 2.19. The summed E-state index contributed by atoms with van der Waals surface area (Å²) in [7, 11) is 3.11. The third-order valence-corrected chi connectivity index (χ3v) is 3.42. The van der Waals surface area contributed by atoms with Crippen molar-refractivity contribution in [1.82, 2.24) is 19.6 Å². The molecule has 118 valence electrons. The number of aromatic carboxylic acids is 1. The Labute approximate surface area is 131 Å². The number of carbonyl (C=O) groups is 1. The Kier molecular flexibility index (Phi) is 3.57. The van der Waals surface area contributed by atoms with Crippen LogP contribution in [-0.4, -0.2) is 44.9 Å². The van der Waals surface area contributed by atoms with Crippen molar-refractivity contribution in [3.63, 3.8) is 0 Å². The molecule has 1 aromatic carbocycles. The van der Waals surface area contributed by atoms with Crippen molar-refractivity contribution in [3.05, 3.63) is 35.8 Å². The van der Waals surface area contributed by atoms with Gasteiger partial charge in [0.25, 0.3) is 0 Å². The molecule has 0 fully saturated rings. The molecule has 8 heteroatoms. The maximum atomic E-state index is 11.1. The maximum absolute atomic E-state index is 11.1. The van der Waals surface area contributed by atoms with Crippen LogP contribution in [0.25, 0.3) is 17.0 Å². The summed E-state index contributed by atoms with van der Waals surface area (Å²) in [5.74, 6) is 1.09. The van der Waals surface area contributed by atoms with Gasteiger partial charge in [0.1, 0.15) is 5.82 Å². The largest absolute Gasteiger partial charge is 0.493 e. The molecule has 0 atom stereocenters. The predicted octanol–water partition coefficient (Wildman–Crippen LogP) is 1.82. The summed E-state index contributed by atoms with van der Waals surface area (Å²) >= 11 is 0. The van der Waals surface area contributed by atoms with Gasteiger partial charge in [0.05, 0.1) is 14.2 Å². The number of ether oxygens (including phenoxy) is 2. The van der Waals surface area contributed by atoms with Crippen molar-refractivity contribution >= 4 is 11.6 Å². The quantitative estimate of drug-likeness (QED) is 0.784. The van der Waals surface area contributed by atoms with E-state index in [-0.39, 0.29) is 5.69 Å². The Morgan fingerprint density at radius 3 is 2.52 bits per heavy atom. The Morgan fingerprint density at radius 1 is 1.13 bits per heavy atom. The summed E-state index contributed by atoms with van der Waals surface area (Å²) in [6.45, 7) is 1.70. The fourth-order valence-electron chi connectivity index (χ4n) is 2.36. The van der Waals surface area contributed by atoms with Crippen LogP contribution in [0.2, 0.25) is 0 Å². The number of hydrogen-bond donors (Lipinski definition) is 1. The van der Waals surface area contributed by atoms with Gasteiger partial charge in [0, 0.05) is 11.6 Å². The minimum absolute atomic E-state index is 0.0683. The van der Waals surface area contributed by atoms with Crippen molar-refractivity contribution in [2.75, 3.05) is 14.2 Å². The summed E-state index contributed by atoms with van der Waals surface area (Å²) in [5.41, 5.74) is 1.10. The molecule has 3 aromatic rings. The molecule has 0 aliphatic rings. The van der Waals surface area contributed by atoms with Crippen LogP contribution < -0.4 is 9.47 Å². The molecule has 2 heterocycles. The second kappa shape index (κ2) is 5.56. The first kappa shape index (κ1) is 14.8. The van der Waals surface area contributed by atoms with Gasteiger partial charge in [-0.3, -0.25) is 4.40 Å². The van der Waals surface area contributed by atoms with E-state index in [9.17, 15) is 4.79 Å². The smallest absolute Gasteiger partial charge is 0.354 e. The van der Waals surface area contributed by atoms with E-state index in [0.717, 1.165) is 5.56 Å². The molecule has 0 aliphatic heterocycles. The van der Waals surface area contributed by atoms with Gasteiger partial charge in [-0.2, -0.15) is 0 Å². The average Bonchev–Trinajstić information content (AvgIpc) is 2.98. The van der Waals surface area contributed by atoms with Crippen molar-refractivity contribution in [2.24, 2.45) is 0 Å². The van der Waals surface area contributed by atoms with Crippen LogP contribution in [0, 0.1) is 6.92 Å². The molecule has 0 saturated carbocycles. The third kappa shape index (κ3) is 2.44. The molecular formula is C15H14N4O4. The van der Waals surface area contributed by atoms with Crippen LogP contribution in [0.4, 0.5) is 0 Å². The molecular weight excluding hydrogens is 300 g/mol. The molecule has 0 spiro atoms. The predicted molar refractivity (Wildman–Crippen MR) is 81.0 cm³/mol. The fourth-order valence-corrected chi connectivity index (χ4v) is 2.36. The van der Waals surface area contributed by atoms with E-state index in [1.165, 1.54) is 6.07 Å². The first-order chi connectivity index (χ1) is 11.0. The highest BCUT2D eigenvalue weighted by Gasteiger charge is 2.16. The molecule has 0 radical (unpaired) electrons. The number of fused-ring (bicyclic) bond motifs is 1. The summed E-state index contributed by atoms with van der Waals surface area (Å²) < 4.78 is 12.2. The van der Waals surface area contributed by atoms with E-state index < -0.39 is 5.97 Å². The Morgan fingerprint density at radius 2 is 1.87 bits per heavy atom. The number of aryl methyl sites for hydroxylation is 1. The highest BCUT2D eigenvalue weighted by atomic mass is 16.5. The topological polar surface area (TPSA) is 98.8 Å². The zero-order valence-electron chi connectivity index (χ0n) is 12.8. The highest BCUT2D eigenvalue weighted by molar-refractivity contribution is 5.86. The lowest BCUT2D eigenvalue weighted by molar-refractivity contribution is 0.0690. The maximum Gasteiger partial charge on any atom is 0.354 e. The lowest BCUT2D eigenvalue weighted by Crippen LogP contribution is -2.06. The van der Waals surface area contributed by atoms with Crippen molar-refractivity contribution in [1.29, 1.82) is 0 Å². The molecule has 0 amide bonds. The van der Waals surface area contributed by atoms with Crippen LogP contribution in [0.5, 0.6) is 11.5 Å². The molecule has 0 bridgehead atoms. The van der Waals surface area contributed by atoms with E-state index in [1.54, 1.807) is 37.7 Å². The zero-order valence-corrected chi connectivity index (χ0v) is 12.8. The molecule has 23 heavy (non-hydrogen) atoms. The summed E-state index contributed by atoms with van der Waals surface area (Å²) in [6, 6.07) is 6.75. The first-order valence-corrected chi connectivity index (χ1v) is 6.73. The van der Waals surface area contributed by atoms with E-state index in [0.29, 0.717) is 28.8 Å². The van der Waals surface area contributed by atoms with Gasteiger partial charge in [-0.25, -0.2) is 9.78 Å². The standard InChI is InChI=1S/C15H14N4O4/c1-8-16-10(15(20)21)7-13-17-18-14(19(8)13)9-4-5-11(22-2)12(6-9)23-3/h4-7H,1-3H3,(H,20,21). The second-order valence-electron chi connectivity index (χ2n) is 4.78. The monoisotopic (exact) mass is 314 g/mol. The number of methoxy groups -OCH3 is 2. The SMILES string of the molecule is COc1ccc(-c2nnc3cc(C(=O)O)nc(C)n23)cc1OC. The number of aromatic nitrogens is 4. The minimum Gasteiger partial charge on any atom is -0.493 e. The van der Waals surface area contributed by atoms with E-state index >= 15 is 0 Å². The molecule has 1 N–H and O–H groups in total. The van der Waals surface area contributed by atoms with Crippen molar-refractivity contribution in [3.8, 4) is 22.9 Å². The van der Waals surface area contributed by atoms with E-state index in [2.05, 4.69) is 15.2 Å². The van der Waals surface area contributed by atoms with Gasteiger partial charge in [-0.1, -0.05) is 0 Å². The highest BCUT2D eigenvalue weighted by Crippen LogP contribution is 2.31. The van der Waals surface area contributed by atoms with Crippen LogP contribution in [0.1, 0.15) is 16.3 Å². The molecule has 2 aromatic heterocycles. The lowest BCUT2D eigenvalue weighted by atomic mass is 10.2. The molecule has 0 saturated heterocycles. The molecule has 0 aliphatic carbocycles. The van der Waals surface area contributed by atoms with E-state index in [4.69, 9.17) is 14.6 Å². The first-order valence-electron chi connectivity index (χ1n) is 6.73. The third-order valence-electron chi connectivity index (χ3n) is 3.42. The van der Waals surface area contributed by atoms with Gasteiger partial charge < -0.3 is 14.6 Å². The normalized spacial score (nSPS) is 10.7. The summed E-state index contributed by atoms with van der Waals surface area (Å²) in [4.78, 5) is 15.1. The van der Waals surface area contributed by atoms with Crippen LogP contribution in [-0.2, 0) is 0 Å². The van der Waals surface area contributed by atoms with Gasteiger partial charge in [0.2, 0.25) is 0 Å². The number of carboxylic acids is 1. The lowest BCUT2D eigenvalue weighted by Gasteiger charge is -2.09. The zero-order chi connectivity index (χ0) is 16.6. The van der Waals surface area contributed by atoms with Gasteiger partial charge in [-0.05, 0) is 25.1 Å². The van der Waals surface area contributed by atoms with Gasteiger partial charge in [-0.15, -0.1) is 10.2 Å². The van der Waals surface area contributed by atoms with Crippen LogP contribution in [0.15, 0.2) is 24.3 Å².